The van der Waals surface area contributed by atoms with E-state index in [0.29, 0.717) is 5.56 Å². The van der Waals surface area contributed by atoms with Crippen LogP contribution in [0.3, 0.4) is 0 Å². The summed E-state index contributed by atoms with van der Waals surface area (Å²) in [7, 11) is 1.30. The first-order chi connectivity index (χ1) is 7.10. The number of hydrogen-bond donors (Lipinski definition) is 2. The molecule has 0 aliphatic heterocycles. The number of benzene rings is 1. The van der Waals surface area contributed by atoms with E-state index in [1.807, 2.05) is 0 Å². The highest BCUT2D eigenvalue weighted by Gasteiger charge is 2.17. The van der Waals surface area contributed by atoms with Gasteiger partial charge in [-0.15, -0.1) is 0 Å². The molecule has 0 fully saturated rings. The van der Waals surface area contributed by atoms with Crippen molar-refractivity contribution in [1.82, 2.24) is 0 Å². The van der Waals surface area contributed by atoms with Crippen LogP contribution in [0.25, 0.3) is 0 Å². The molecule has 0 heterocycles. The summed E-state index contributed by atoms with van der Waals surface area (Å²) in [5.74, 6) is 0.0602. The molecule has 0 aromatic heterocycles. The zero-order chi connectivity index (χ0) is 11.4. The van der Waals surface area contributed by atoms with Crippen molar-refractivity contribution in [3.63, 3.8) is 0 Å². The minimum Gasteiger partial charge on any atom is -0.490 e. The molecule has 2 N–H and O–H groups in total. The molecule has 15 heavy (non-hydrogen) atoms. The van der Waals surface area contributed by atoms with E-state index >= 15 is 0 Å². The first kappa shape index (κ1) is 11.4. The van der Waals surface area contributed by atoms with Crippen LogP contribution in [0.1, 0.15) is 11.7 Å². The quantitative estimate of drug-likeness (QED) is 0.565. The summed E-state index contributed by atoms with van der Waals surface area (Å²) in [5, 5.41) is 28.6. The topological polar surface area (TPSA) is 92.8 Å². The fourth-order valence-corrected chi connectivity index (χ4v) is 1.16. The molecule has 0 spiro atoms. The molecule has 0 radical (unpaired) electrons. The second kappa shape index (κ2) is 4.72. The normalized spacial score (nSPS) is 12.2. The van der Waals surface area contributed by atoms with E-state index < -0.39 is 17.6 Å². The van der Waals surface area contributed by atoms with Crippen LogP contribution in [0.5, 0.6) is 5.75 Å². The van der Waals surface area contributed by atoms with Gasteiger partial charge in [-0.05, 0) is 17.7 Å². The van der Waals surface area contributed by atoms with Gasteiger partial charge in [0.1, 0.15) is 6.10 Å². The second-order valence-corrected chi connectivity index (χ2v) is 2.89. The van der Waals surface area contributed by atoms with Crippen LogP contribution in [-0.4, -0.2) is 28.9 Å². The lowest BCUT2D eigenvalue weighted by Crippen LogP contribution is -2.03. The third-order valence-electron chi connectivity index (χ3n) is 1.96. The predicted octanol–water partition coefficient (Wildman–Crippen LogP) is 0.629. The SMILES string of the molecule is COc1cc(C(O)CO)ccc1[N+](=O)[O-]. The van der Waals surface area contributed by atoms with E-state index in [9.17, 15) is 15.2 Å². The van der Waals surface area contributed by atoms with Gasteiger partial charge in [-0.1, -0.05) is 0 Å². The molecule has 1 aromatic rings. The Morgan fingerprint density at radius 1 is 1.60 bits per heavy atom. The summed E-state index contributed by atoms with van der Waals surface area (Å²) in [4.78, 5) is 9.97. The van der Waals surface area contributed by atoms with E-state index in [2.05, 4.69) is 0 Å². The molecular weight excluding hydrogens is 202 g/mol. The van der Waals surface area contributed by atoms with E-state index in [-0.39, 0.29) is 11.4 Å². The average Bonchev–Trinajstić information content (AvgIpc) is 2.26. The highest BCUT2D eigenvalue weighted by molar-refractivity contribution is 5.48. The van der Waals surface area contributed by atoms with Crippen LogP contribution in [0.4, 0.5) is 5.69 Å². The van der Waals surface area contributed by atoms with Crippen LogP contribution in [-0.2, 0) is 0 Å². The predicted molar refractivity (Wildman–Crippen MR) is 51.7 cm³/mol. The van der Waals surface area contributed by atoms with E-state index in [1.54, 1.807) is 0 Å². The summed E-state index contributed by atoms with van der Waals surface area (Å²) in [6, 6.07) is 3.94. The number of hydrogen-bond acceptors (Lipinski definition) is 5. The van der Waals surface area contributed by atoms with Gasteiger partial charge in [-0.2, -0.15) is 0 Å². The number of ether oxygens (including phenoxy) is 1. The molecular formula is C9H11NO5. The van der Waals surface area contributed by atoms with Gasteiger partial charge in [-0.25, -0.2) is 0 Å². The lowest BCUT2D eigenvalue weighted by atomic mass is 10.1. The van der Waals surface area contributed by atoms with E-state index in [4.69, 9.17) is 9.84 Å². The van der Waals surface area contributed by atoms with Crippen molar-refractivity contribution >= 4 is 5.69 Å². The molecule has 0 aliphatic rings. The van der Waals surface area contributed by atoms with Gasteiger partial charge < -0.3 is 14.9 Å². The highest BCUT2D eigenvalue weighted by atomic mass is 16.6. The lowest BCUT2D eigenvalue weighted by molar-refractivity contribution is -0.385. The third kappa shape index (κ3) is 2.42. The van der Waals surface area contributed by atoms with Crippen LogP contribution >= 0.6 is 0 Å². The van der Waals surface area contributed by atoms with Crippen molar-refractivity contribution in [2.75, 3.05) is 13.7 Å². The van der Waals surface area contributed by atoms with Gasteiger partial charge in [0.15, 0.2) is 5.75 Å². The molecule has 0 amide bonds. The summed E-state index contributed by atoms with van der Waals surface area (Å²) in [6.07, 6.45) is -1.06. The molecule has 1 atom stereocenters. The van der Waals surface area contributed by atoms with Gasteiger partial charge in [0.25, 0.3) is 0 Å². The van der Waals surface area contributed by atoms with E-state index in [0.717, 1.165) is 0 Å². The Hall–Kier alpha value is -1.66. The fraction of sp³-hybridized carbons (Fsp3) is 0.333. The number of rotatable bonds is 4. The number of nitro groups is 1. The zero-order valence-electron chi connectivity index (χ0n) is 8.08. The van der Waals surface area contributed by atoms with Crippen LogP contribution in [0.15, 0.2) is 18.2 Å². The minimum atomic E-state index is -1.06. The molecule has 6 nitrogen and oxygen atoms in total. The molecule has 6 heteroatoms. The monoisotopic (exact) mass is 213 g/mol. The van der Waals surface area contributed by atoms with Gasteiger partial charge in [0, 0.05) is 6.07 Å². The van der Waals surface area contributed by atoms with Crippen molar-refractivity contribution in [1.29, 1.82) is 0 Å². The molecule has 1 unspecified atom stereocenters. The van der Waals surface area contributed by atoms with Crippen molar-refractivity contribution in [3.8, 4) is 5.75 Å². The van der Waals surface area contributed by atoms with Crippen LogP contribution in [0, 0.1) is 10.1 Å². The van der Waals surface area contributed by atoms with Gasteiger partial charge in [-0.3, -0.25) is 10.1 Å². The molecule has 0 aliphatic carbocycles. The lowest BCUT2D eigenvalue weighted by Gasteiger charge is -2.09. The second-order valence-electron chi connectivity index (χ2n) is 2.89. The largest absolute Gasteiger partial charge is 0.490 e. The standard InChI is InChI=1S/C9H11NO5/c1-15-9-4-6(8(12)5-11)2-3-7(9)10(13)14/h2-4,8,11-12H,5H2,1H3. The molecule has 0 bridgehead atoms. The number of nitrogens with zero attached hydrogens (tertiary/aromatic N) is 1. The maximum Gasteiger partial charge on any atom is 0.310 e. The Morgan fingerprint density at radius 2 is 2.27 bits per heavy atom. The zero-order valence-corrected chi connectivity index (χ0v) is 8.08. The van der Waals surface area contributed by atoms with Crippen molar-refractivity contribution < 1.29 is 19.9 Å². The first-order valence-corrected chi connectivity index (χ1v) is 4.21. The summed E-state index contributed by atoms with van der Waals surface area (Å²) in [5.41, 5.74) is 0.200. The van der Waals surface area contributed by atoms with Crippen molar-refractivity contribution in [3.05, 3.63) is 33.9 Å². The number of aliphatic hydroxyl groups is 2. The maximum absolute atomic E-state index is 10.5. The first-order valence-electron chi connectivity index (χ1n) is 4.21. The Morgan fingerprint density at radius 3 is 2.73 bits per heavy atom. The number of nitro benzene ring substituents is 1. The Balaban J connectivity index is 3.13. The van der Waals surface area contributed by atoms with Crippen LogP contribution in [0.2, 0.25) is 0 Å². The van der Waals surface area contributed by atoms with Crippen molar-refractivity contribution in [2.45, 2.75) is 6.10 Å². The smallest absolute Gasteiger partial charge is 0.310 e. The molecule has 0 saturated carbocycles. The average molecular weight is 213 g/mol. The van der Waals surface area contributed by atoms with Gasteiger partial charge >= 0.3 is 5.69 Å². The molecule has 1 aromatic carbocycles. The minimum absolute atomic E-state index is 0.0602. The highest BCUT2D eigenvalue weighted by Crippen LogP contribution is 2.29. The maximum atomic E-state index is 10.5. The van der Waals surface area contributed by atoms with Crippen LogP contribution < -0.4 is 4.74 Å². The summed E-state index contributed by atoms with van der Waals surface area (Å²) >= 11 is 0. The van der Waals surface area contributed by atoms with E-state index in [1.165, 1.54) is 25.3 Å². The number of aliphatic hydroxyl groups excluding tert-OH is 2. The molecule has 0 saturated heterocycles. The third-order valence-corrected chi connectivity index (χ3v) is 1.96. The van der Waals surface area contributed by atoms with Gasteiger partial charge in [0.2, 0.25) is 0 Å². The fourth-order valence-electron chi connectivity index (χ4n) is 1.16. The Bertz CT molecular complexity index is 366. The van der Waals surface area contributed by atoms with Crippen molar-refractivity contribution in [2.24, 2.45) is 0 Å². The number of methoxy groups -OCH3 is 1. The summed E-state index contributed by atoms with van der Waals surface area (Å²) in [6.45, 7) is -0.443. The Kier molecular flexibility index (Phi) is 3.59. The summed E-state index contributed by atoms with van der Waals surface area (Å²) < 4.78 is 4.81. The Labute approximate surface area is 85.9 Å². The molecule has 82 valence electrons. The molecule has 1 rings (SSSR count). The van der Waals surface area contributed by atoms with Gasteiger partial charge in [0.05, 0.1) is 18.6 Å².